The molecule has 1 aliphatic heterocycles. The number of nitrogens with zero attached hydrogens (tertiary/aromatic N) is 2. The molecule has 32 heavy (non-hydrogen) atoms. The van der Waals surface area contributed by atoms with Crippen molar-refractivity contribution in [3.63, 3.8) is 0 Å². The molecule has 0 spiro atoms. The summed E-state index contributed by atoms with van der Waals surface area (Å²) < 4.78 is 18.8. The summed E-state index contributed by atoms with van der Waals surface area (Å²) in [5, 5.41) is 12.3. The van der Waals surface area contributed by atoms with Crippen molar-refractivity contribution in [2.24, 2.45) is 0 Å². The topological polar surface area (TPSA) is 102 Å². The minimum absolute atomic E-state index is 0.0601. The number of non-ortho nitro benzene ring substituents is 1. The van der Waals surface area contributed by atoms with Gasteiger partial charge in [0, 0.05) is 17.7 Å². The van der Waals surface area contributed by atoms with Gasteiger partial charge in [-0.3, -0.25) is 25.1 Å². The van der Waals surface area contributed by atoms with Crippen LogP contribution in [-0.2, 0) is 16.2 Å². The first-order chi connectivity index (χ1) is 15.4. The standard InChI is InChI=1S/C23H16FN3O5/c24-17-8-6-15(7-9-17)14-32-21-11-10-19(27(30)31)12-16(21)13-20-22(28)25-26(23(20)29)18-4-2-1-3-5-18/h1-13H,14H2,(H,25,28)/b20-13-. The van der Waals surface area contributed by atoms with Gasteiger partial charge in [0.1, 0.15) is 23.7 Å². The number of rotatable bonds is 6. The molecule has 9 heteroatoms. The summed E-state index contributed by atoms with van der Waals surface area (Å²) in [5.41, 5.74) is 3.39. The Morgan fingerprint density at radius 1 is 1.03 bits per heavy atom. The van der Waals surface area contributed by atoms with Crippen molar-refractivity contribution in [3.8, 4) is 5.75 Å². The highest BCUT2D eigenvalue weighted by molar-refractivity contribution is 6.31. The molecule has 1 saturated heterocycles. The Labute approximate surface area is 181 Å². The maximum absolute atomic E-state index is 13.1. The van der Waals surface area contributed by atoms with Gasteiger partial charge in [0.05, 0.1) is 10.6 Å². The molecule has 2 amide bonds. The molecule has 0 radical (unpaired) electrons. The monoisotopic (exact) mass is 433 g/mol. The lowest BCUT2D eigenvalue weighted by Crippen LogP contribution is -2.35. The van der Waals surface area contributed by atoms with Crippen LogP contribution in [0.3, 0.4) is 0 Å². The summed E-state index contributed by atoms with van der Waals surface area (Å²) in [6.07, 6.45) is 1.26. The lowest BCUT2D eigenvalue weighted by molar-refractivity contribution is -0.384. The Balaban J connectivity index is 1.66. The summed E-state index contributed by atoms with van der Waals surface area (Å²) >= 11 is 0. The molecule has 3 aromatic carbocycles. The van der Waals surface area contributed by atoms with E-state index in [1.54, 1.807) is 42.5 Å². The minimum atomic E-state index is -0.644. The molecular weight excluding hydrogens is 417 g/mol. The highest BCUT2D eigenvalue weighted by atomic mass is 19.1. The van der Waals surface area contributed by atoms with Gasteiger partial charge in [0.15, 0.2) is 0 Å². The fourth-order valence-corrected chi connectivity index (χ4v) is 3.11. The number of halogens is 1. The van der Waals surface area contributed by atoms with E-state index in [4.69, 9.17) is 4.74 Å². The fourth-order valence-electron chi connectivity index (χ4n) is 3.11. The van der Waals surface area contributed by atoms with Gasteiger partial charge in [-0.2, -0.15) is 0 Å². The van der Waals surface area contributed by atoms with Gasteiger partial charge < -0.3 is 4.74 Å². The van der Waals surface area contributed by atoms with Gasteiger partial charge in [-0.05, 0) is 42.0 Å². The van der Waals surface area contributed by atoms with Crippen molar-refractivity contribution < 1.29 is 23.6 Å². The number of nitrogens with one attached hydrogen (secondary N) is 1. The Hall–Kier alpha value is -4.53. The molecule has 160 valence electrons. The van der Waals surface area contributed by atoms with Crippen LogP contribution < -0.4 is 15.2 Å². The van der Waals surface area contributed by atoms with Crippen molar-refractivity contribution in [1.29, 1.82) is 0 Å². The maximum Gasteiger partial charge on any atom is 0.282 e. The minimum Gasteiger partial charge on any atom is -0.488 e. The third-order valence-corrected chi connectivity index (χ3v) is 4.72. The average molecular weight is 433 g/mol. The average Bonchev–Trinajstić information content (AvgIpc) is 3.08. The molecule has 0 aliphatic carbocycles. The van der Waals surface area contributed by atoms with Crippen LogP contribution in [0.4, 0.5) is 15.8 Å². The zero-order valence-electron chi connectivity index (χ0n) is 16.5. The molecule has 1 heterocycles. The highest BCUT2D eigenvalue weighted by Gasteiger charge is 2.34. The van der Waals surface area contributed by atoms with E-state index in [0.717, 1.165) is 5.01 Å². The first-order valence-electron chi connectivity index (χ1n) is 9.50. The molecule has 0 saturated carbocycles. The number of anilines is 1. The van der Waals surface area contributed by atoms with Gasteiger partial charge in [-0.25, -0.2) is 9.40 Å². The van der Waals surface area contributed by atoms with Crippen LogP contribution in [0, 0.1) is 15.9 Å². The molecule has 1 fully saturated rings. The van der Waals surface area contributed by atoms with Crippen LogP contribution in [0.2, 0.25) is 0 Å². The van der Waals surface area contributed by atoms with Gasteiger partial charge in [0.2, 0.25) is 0 Å². The van der Waals surface area contributed by atoms with Crippen molar-refractivity contribution >= 4 is 29.3 Å². The molecule has 4 rings (SSSR count). The molecule has 0 atom stereocenters. The molecule has 1 N–H and O–H groups in total. The predicted molar refractivity (Wildman–Crippen MR) is 114 cm³/mol. The number of carbonyl (C=O) groups is 2. The second-order valence-electron chi connectivity index (χ2n) is 6.87. The van der Waals surface area contributed by atoms with E-state index in [1.165, 1.54) is 36.4 Å². The number of hydrogen-bond acceptors (Lipinski definition) is 5. The van der Waals surface area contributed by atoms with Crippen LogP contribution >= 0.6 is 0 Å². The maximum atomic E-state index is 13.1. The number of hydrogen-bond donors (Lipinski definition) is 1. The lowest BCUT2D eigenvalue weighted by atomic mass is 10.1. The Kier molecular flexibility index (Phi) is 5.63. The summed E-state index contributed by atoms with van der Waals surface area (Å²) in [6, 6.07) is 18.1. The van der Waals surface area contributed by atoms with E-state index >= 15 is 0 Å². The second kappa shape index (κ2) is 8.68. The van der Waals surface area contributed by atoms with Gasteiger partial charge in [-0.1, -0.05) is 30.3 Å². The highest BCUT2D eigenvalue weighted by Crippen LogP contribution is 2.29. The number of para-hydroxylation sites is 1. The summed E-state index contributed by atoms with van der Waals surface area (Å²) in [7, 11) is 0. The first kappa shape index (κ1) is 20.7. The lowest BCUT2D eigenvalue weighted by Gasteiger charge is -2.14. The van der Waals surface area contributed by atoms with E-state index in [1.807, 2.05) is 0 Å². The Morgan fingerprint density at radius 2 is 1.75 bits per heavy atom. The molecule has 8 nitrogen and oxygen atoms in total. The van der Waals surface area contributed by atoms with Crippen molar-refractivity contribution in [3.05, 3.63) is 105 Å². The van der Waals surface area contributed by atoms with Crippen LogP contribution in [-0.4, -0.2) is 16.7 Å². The number of hydrazine groups is 1. The zero-order chi connectivity index (χ0) is 22.7. The predicted octanol–water partition coefficient (Wildman–Crippen LogP) is 3.77. The van der Waals surface area contributed by atoms with E-state index in [0.29, 0.717) is 11.3 Å². The van der Waals surface area contributed by atoms with Gasteiger partial charge >= 0.3 is 0 Å². The molecular formula is C23H16FN3O5. The summed E-state index contributed by atoms with van der Waals surface area (Å²) in [6.45, 7) is 0.0601. The van der Waals surface area contributed by atoms with E-state index in [2.05, 4.69) is 5.43 Å². The van der Waals surface area contributed by atoms with E-state index in [-0.39, 0.29) is 35.0 Å². The number of amides is 2. The van der Waals surface area contributed by atoms with Crippen LogP contribution in [0.25, 0.3) is 6.08 Å². The Bertz CT molecular complexity index is 1230. The quantitative estimate of drug-likeness (QED) is 0.276. The van der Waals surface area contributed by atoms with Crippen LogP contribution in [0.1, 0.15) is 11.1 Å². The number of nitro groups is 1. The number of ether oxygens (including phenoxy) is 1. The zero-order valence-corrected chi connectivity index (χ0v) is 16.5. The van der Waals surface area contributed by atoms with E-state index < -0.39 is 16.7 Å². The van der Waals surface area contributed by atoms with Gasteiger partial charge in [-0.15, -0.1) is 0 Å². The molecule has 0 aromatic heterocycles. The number of benzene rings is 3. The number of nitro benzene ring substituents is 1. The third-order valence-electron chi connectivity index (χ3n) is 4.72. The first-order valence-corrected chi connectivity index (χ1v) is 9.50. The Morgan fingerprint density at radius 3 is 2.44 bits per heavy atom. The molecule has 3 aromatic rings. The van der Waals surface area contributed by atoms with Crippen molar-refractivity contribution in [2.75, 3.05) is 5.01 Å². The molecule has 0 unspecified atom stereocenters. The van der Waals surface area contributed by atoms with Crippen LogP contribution in [0.5, 0.6) is 5.75 Å². The summed E-state index contributed by atoms with van der Waals surface area (Å²) in [5.74, 6) is -1.40. The molecule has 1 aliphatic rings. The second-order valence-corrected chi connectivity index (χ2v) is 6.87. The normalized spacial score (nSPS) is 14.5. The largest absolute Gasteiger partial charge is 0.488 e. The third kappa shape index (κ3) is 4.31. The number of carbonyl (C=O) groups excluding carboxylic acids is 2. The molecule has 0 bridgehead atoms. The van der Waals surface area contributed by atoms with E-state index in [9.17, 15) is 24.1 Å². The smallest absolute Gasteiger partial charge is 0.282 e. The van der Waals surface area contributed by atoms with Crippen molar-refractivity contribution in [1.82, 2.24) is 5.43 Å². The van der Waals surface area contributed by atoms with Crippen LogP contribution in [0.15, 0.2) is 78.4 Å². The SMILES string of the molecule is O=C1NN(c2ccccc2)C(=O)/C1=C\c1cc([N+](=O)[O-])ccc1OCc1ccc(F)cc1. The summed E-state index contributed by atoms with van der Waals surface area (Å²) in [4.78, 5) is 35.9. The van der Waals surface area contributed by atoms with Crippen molar-refractivity contribution in [2.45, 2.75) is 6.61 Å². The van der Waals surface area contributed by atoms with Gasteiger partial charge in [0.25, 0.3) is 17.5 Å². The fraction of sp³-hybridized carbons (Fsp3) is 0.0435.